The summed E-state index contributed by atoms with van der Waals surface area (Å²) in [5.41, 5.74) is -0.0678. The number of rotatable bonds is 7. The fourth-order valence-electron chi connectivity index (χ4n) is 2.35. The molecular formula is C14H26N2O4. The lowest BCUT2D eigenvalue weighted by Gasteiger charge is -2.51. The van der Waals surface area contributed by atoms with Crippen molar-refractivity contribution >= 4 is 12.0 Å². The second-order valence-corrected chi connectivity index (χ2v) is 5.98. The minimum absolute atomic E-state index is 0.0678. The fourth-order valence-corrected chi connectivity index (χ4v) is 2.35. The van der Waals surface area contributed by atoms with Crippen LogP contribution >= 0.6 is 0 Å². The standard InChI is InChI=1S/C14H26N2O4/c1-5-20-11-8-10(14(11,3)4)16-13(19)15-7-6-9(2)12(17)18/h9-11H,5-8H2,1-4H3,(H,17,18)(H2,15,16,19). The molecule has 6 heteroatoms. The molecule has 3 atom stereocenters. The molecule has 3 unspecified atom stereocenters. The van der Waals surface area contributed by atoms with Gasteiger partial charge >= 0.3 is 12.0 Å². The molecule has 0 saturated heterocycles. The van der Waals surface area contributed by atoms with Crippen molar-refractivity contribution in [2.45, 2.75) is 52.7 Å². The van der Waals surface area contributed by atoms with Crippen LogP contribution in [0.1, 0.15) is 40.5 Å². The summed E-state index contributed by atoms with van der Waals surface area (Å²) in [6, 6.07) is -0.147. The van der Waals surface area contributed by atoms with E-state index < -0.39 is 11.9 Å². The number of carbonyl (C=O) groups is 2. The van der Waals surface area contributed by atoms with Crippen molar-refractivity contribution in [1.29, 1.82) is 0 Å². The number of amides is 2. The smallest absolute Gasteiger partial charge is 0.315 e. The Morgan fingerprint density at radius 2 is 2.10 bits per heavy atom. The SMILES string of the molecule is CCOC1CC(NC(=O)NCCC(C)C(=O)O)C1(C)C. The van der Waals surface area contributed by atoms with E-state index >= 15 is 0 Å². The average Bonchev–Trinajstić information content (AvgIpc) is 2.37. The summed E-state index contributed by atoms with van der Waals surface area (Å²) in [5.74, 6) is -1.29. The maximum atomic E-state index is 11.7. The van der Waals surface area contributed by atoms with Gasteiger partial charge in [0.05, 0.1) is 12.0 Å². The van der Waals surface area contributed by atoms with Crippen molar-refractivity contribution < 1.29 is 19.4 Å². The third-order valence-electron chi connectivity index (χ3n) is 4.14. The Labute approximate surface area is 120 Å². The topological polar surface area (TPSA) is 87.7 Å². The van der Waals surface area contributed by atoms with E-state index in [1.165, 1.54) is 0 Å². The number of carboxylic acid groups (broad SMARTS) is 1. The van der Waals surface area contributed by atoms with E-state index in [0.29, 0.717) is 19.6 Å². The second-order valence-electron chi connectivity index (χ2n) is 5.98. The summed E-state index contributed by atoms with van der Waals surface area (Å²) in [7, 11) is 0. The van der Waals surface area contributed by atoms with Crippen molar-refractivity contribution in [3.63, 3.8) is 0 Å². The van der Waals surface area contributed by atoms with Gasteiger partial charge in [-0.25, -0.2) is 4.79 Å². The van der Waals surface area contributed by atoms with Crippen LogP contribution in [0.4, 0.5) is 4.79 Å². The third kappa shape index (κ3) is 4.10. The molecule has 20 heavy (non-hydrogen) atoms. The molecule has 0 radical (unpaired) electrons. The molecule has 1 aliphatic rings. The molecule has 0 aromatic rings. The van der Waals surface area contributed by atoms with Crippen LogP contribution < -0.4 is 10.6 Å². The van der Waals surface area contributed by atoms with Gasteiger partial charge < -0.3 is 20.5 Å². The highest BCUT2D eigenvalue weighted by Crippen LogP contribution is 2.42. The molecule has 0 aliphatic heterocycles. The molecule has 1 aliphatic carbocycles. The summed E-state index contributed by atoms with van der Waals surface area (Å²) in [4.78, 5) is 22.4. The Hall–Kier alpha value is -1.30. The zero-order valence-corrected chi connectivity index (χ0v) is 12.7. The van der Waals surface area contributed by atoms with Crippen molar-refractivity contribution in [3.8, 4) is 0 Å². The highest BCUT2D eigenvalue weighted by molar-refractivity contribution is 5.74. The van der Waals surface area contributed by atoms with E-state index in [9.17, 15) is 9.59 Å². The molecule has 2 amide bonds. The van der Waals surface area contributed by atoms with Crippen LogP contribution in [0.2, 0.25) is 0 Å². The Balaban J connectivity index is 2.25. The summed E-state index contributed by atoms with van der Waals surface area (Å²) in [5, 5.41) is 14.4. The van der Waals surface area contributed by atoms with Gasteiger partial charge in [-0.15, -0.1) is 0 Å². The van der Waals surface area contributed by atoms with Gasteiger partial charge in [0.15, 0.2) is 0 Å². The zero-order chi connectivity index (χ0) is 15.3. The van der Waals surface area contributed by atoms with Crippen LogP contribution in [0.25, 0.3) is 0 Å². The van der Waals surface area contributed by atoms with Gasteiger partial charge in [-0.2, -0.15) is 0 Å². The van der Waals surface area contributed by atoms with Gasteiger partial charge in [-0.3, -0.25) is 4.79 Å². The van der Waals surface area contributed by atoms with E-state index in [-0.39, 0.29) is 23.6 Å². The number of hydrogen-bond acceptors (Lipinski definition) is 3. The summed E-state index contributed by atoms with van der Waals surface area (Å²) < 4.78 is 5.61. The van der Waals surface area contributed by atoms with E-state index in [1.807, 2.05) is 6.92 Å². The molecule has 116 valence electrons. The quantitative estimate of drug-likeness (QED) is 0.663. The molecule has 0 aromatic carbocycles. The van der Waals surface area contributed by atoms with E-state index in [1.54, 1.807) is 6.92 Å². The average molecular weight is 286 g/mol. The first-order valence-corrected chi connectivity index (χ1v) is 7.17. The predicted molar refractivity (Wildman–Crippen MR) is 75.6 cm³/mol. The van der Waals surface area contributed by atoms with Crippen LogP contribution in [-0.2, 0) is 9.53 Å². The number of carboxylic acids is 1. The lowest BCUT2D eigenvalue weighted by molar-refractivity contribution is -0.141. The zero-order valence-electron chi connectivity index (χ0n) is 12.7. The van der Waals surface area contributed by atoms with Crippen molar-refractivity contribution in [2.24, 2.45) is 11.3 Å². The monoisotopic (exact) mass is 286 g/mol. The molecule has 0 aromatic heterocycles. The van der Waals surface area contributed by atoms with Gasteiger partial charge in [-0.05, 0) is 19.8 Å². The minimum atomic E-state index is -0.841. The molecule has 3 N–H and O–H groups in total. The van der Waals surface area contributed by atoms with Gasteiger partial charge in [0.2, 0.25) is 0 Å². The number of hydrogen-bond donors (Lipinski definition) is 3. The van der Waals surface area contributed by atoms with Crippen LogP contribution in [-0.4, -0.2) is 42.4 Å². The summed E-state index contributed by atoms with van der Waals surface area (Å²) >= 11 is 0. The van der Waals surface area contributed by atoms with Crippen molar-refractivity contribution in [1.82, 2.24) is 10.6 Å². The normalized spacial score (nSPS) is 25.4. The molecule has 6 nitrogen and oxygen atoms in total. The lowest BCUT2D eigenvalue weighted by atomic mass is 9.64. The van der Waals surface area contributed by atoms with E-state index in [2.05, 4.69) is 24.5 Å². The first-order valence-electron chi connectivity index (χ1n) is 7.17. The Morgan fingerprint density at radius 1 is 1.45 bits per heavy atom. The van der Waals surface area contributed by atoms with Crippen LogP contribution in [0.3, 0.4) is 0 Å². The summed E-state index contributed by atoms with van der Waals surface area (Å²) in [6.07, 6.45) is 1.43. The Morgan fingerprint density at radius 3 is 2.60 bits per heavy atom. The fraction of sp³-hybridized carbons (Fsp3) is 0.857. The van der Waals surface area contributed by atoms with Gasteiger partial charge in [0.1, 0.15) is 0 Å². The Bertz CT molecular complexity index is 357. The highest BCUT2D eigenvalue weighted by atomic mass is 16.5. The van der Waals surface area contributed by atoms with Gasteiger partial charge in [-0.1, -0.05) is 20.8 Å². The summed E-state index contributed by atoms with van der Waals surface area (Å²) in [6.45, 7) is 8.79. The molecule has 1 rings (SSSR count). The lowest BCUT2D eigenvalue weighted by Crippen LogP contribution is -2.63. The maximum absolute atomic E-state index is 11.7. The largest absolute Gasteiger partial charge is 0.481 e. The van der Waals surface area contributed by atoms with E-state index in [0.717, 1.165) is 6.42 Å². The number of ether oxygens (including phenoxy) is 1. The van der Waals surface area contributed by atoms with E-state index in [4.69, 9.17) is 9.84 Å². The van der Waals surface area contributed by atoms with Crippen LogP contribution in [0.15, 0.2) is 0 Å². The molecule has 0 bridgehead atoms. The highest BCUT2D eigenvalue weighted by Gasteiger charge is 2.49. The van der Waals surface area contributed by atoms with Crippen LogP contribution in [0.5, 0.6) is 0 Å². The number of aliphatic carboxylic acids is 1. The molecule has 1 saturated carbocycles. The third-order valence-corrected chi connectivity index (χ3v) is 4.14. The number of nitrogens with one attached hydrogen (secondary N) is 2. The first kappa shape index (κ1) is 16.8. The Kier molecular flexibility index (Phi) is 5.80. The van der Waals surface area contributed by atoms with Gasteiger partial charge in [0, 0.05) is 24.6 Å². The molecule has 0 heterocycles. The van der Waals surface area contributed by atoms with Crippen molar-refractivity contribution in [3.05, 3.63) is 0 Å². The van der Waals surface area contributed by atoms with Gasteiger partial charge in [0.25, 0.3) is 0 Å². The number of urea groups is 1. The minimum Gasteiger partial charge on any atom is -0.481 e. The van der Waals surface area contributed by atoms with Crippen molar-refractivity contribution in [2.75, 3.05) is 13.2 Å². The second kappa shape index (κ2) is 6.92. The molecule has 0 spiro atoms. The molecular weight excluding hydrogens is 260 g/mol. The van der Waals surface area contributed by atoms with Crippen LogP contribution in [0, 0.1) is 11.3 Å². The number of carbonyl (C=O) groups excluding carboxylic acids is 1. The maximum Gasteiger partial charge on any atom is 0.315 e. The molecule has 1 fully saturated rings. The predicted octanol–water partition coefficient (Wildman–Crippen LogP) is 1.60. The first-order chi connectivity index (χ1) is 9.28.